The molecule has 4 N–H and O–H groups in total. The van der Waals surface area contributed by atoms with Crippen LogP contribution in [0.5, 0.6) is 0 Å². The summed E-state index contributed by atoms with van der Waals surface area (Å²) in [6.07, 6.45) is 0.995. The van der Waals surface area contributed by atoms with Crippen molar-refractivity contribution in [3.63, 3.8) is 0 Å². The molecular formula is C14H24N4O. The minimum absolute atomic E-state index is 0.109. The molecule has 0 spiro atoms. The summed E-state index contributed by atoms with van der Waals surface area (Å²) in [5, 5.41) is 5.99. The second kappa shape index (κ2) is 6.99. The lowest BCUT2D eigenvalue weighted by molar-refractivity contribution is 0.0964. The lowest BCUT2D eigenvalue weighted by atomic mass is 10.1. The Bertz CT molecular complexity index is 431. The number of nitrogens with zero attached hydrogens (tertiary/aromatic N) is 1. The average Bonchev–Trinajstić information content (AvgIpc) is 2.35. The van der Waals surface area contributed by atoms with Crippen molar-refractivity contribution in [2.45, 2.75) is 19.4 Å². The maximum Gasteiger partial charge on any atom is 0.253 e. The third kappa shape index (κ3) is 4.79. The SMILES string of the molecule is CNC(=O)c1ccc(N)cc1NC(C)CCN(C)C. The summed E-state index contributed by atoms with van der Waals surface area (Å²) in [5.41, 5.74) is 7.84. The van der Waals surface area contributed by atoms with E-state index in [9.17, 15) is 4.79 Å². The van der Waals surface area contributed by atoms with Crippen LogP contribution in [0.25, 0.3) is 0 Å². The molecule has 1 atom stereocenters. The second-order valence-electron chi connectivity index (χ2n) is 5.02. The number of carbonyl (C=O) groups is 1. The Labute approximate surface area is 115 Å². The standard InChI is InChI=1S/C14H24N4O/c1-10(7-8-18(3)4)17-13-9-11(15)5-6-12(13)14(19)16-2/h5-6,9-10,17H,7-8,15H2,1-4H3,(H,16,19). The summed E-state index contributed by atoms with van der Waals surface area (Å²) in [6.45, 7) is 3.09. The predicted molar refractivity (Wildman–Crippen MR) is 80.5 cm³/mol. The number of carbonyl (C=O) groups excluding carboxylic acids is 1. The van der Waals surface area contributed by atoms with Gasteiger partial charge in [0.1, 0.15) is 0 Å². The fraction of sp³-hybridized carbons (Fsp3) is 0.500. The molecule has 0 radical (unpaired) electrons. The van der Waals surface area contributed by atoms with Crippen molar-refractivity contribution in [3.05, 3.63) is 23.8 Å². The fourth-order valence-electron chi connectivity index (χ4n) is 1.80. The molecule has 106 valence electrons. The number of nitrogens with two attached hydrogens (primary N) is 1. The van der Waals surface area contributed by atoms with Gasteiger partial charge in [-0.05, 0) is 52.2 Å². The molecule has 1 aromatic carbocycles. The van der Waals surface area contributed by atoms with E-state index in [-0.39, 0.29) is 11.9 Å². The second-order valence-corrected chi connectivity index (χ2v) is 5.02. The molecule has 0 bridgehead atoms. The van der Waals surface area contributed by atoms with Crippen LogP contribution in [-0.4, -0.2) is 44.5 Å². The zero-order chi connectivity index (χ0) is 14.4. The zero-order valence-corrected chi connectivity index (χ0v) is 12.2. The lowest BCUT2D eigenvalue weighted by Gasteiger charge is -2.20. The third-order valence-corrected chi connectivity index (χ3v) is 2.93. The van der Waals surface area contributed by atoms with Crippen LogP contribution in [0.1, 0.15) is 23.7 Å². The van der Waals surface area contributed by atoms with E-state index >= 15 is 0 Å². The monoisotopic (exact) mass is 264 g/mol. The highest BCUT2D eigenvalue weighted by Gasteiger charge is 2.12. The molecule has 0 saturated heterocycles. The molecule has 1 unspecified atom stereocenters. The van der Waals surface area contributed by atoms with Crippen LogP contribution in [-0.2, 0) is 0 Å². The average molecular weight is 264 g/mol. The Morgan fingerprint density at radius 2 is 2.11 bits per heavy atom. The molecule has 5 heteroatoms. The van der Waals surface area contributed by atoms with Crippen LogP contribution >= 0.6 is 0 Å². The molecule has 5 nitrogen and oxygen atoms in total. The topological polar surface area (TPSA) is 70.4 Å². The molecule has 0 aliphatic carbocycles. The van der Waals surface area contributed by atoms with Crippen LogP contribution in [0.2, 0.25) is 0 Å². The number of nitrogen functional groups attached to an aromatic ring is 1. The van der Waals surface area contributed by atoms with Gasteiger partial charge in [-0.3, -0.25) is 4.79 Å². The van der Waals surface area contributed by atoms with Gasteiger partial charge in [-0.15, -0.1) is 0 Å². The Morgan fingerprint density at radius 3 is 2.68 bits per heavy atom. The summed E-state index contributed by atoms with van der Waals surface area (Å²) in [7, 11) is 5.71. The van der Waals surface area contributed by atoms with Gasteiger partial charge < -0.3 is 21.3 Å². The van der Waals surface area contributed by atoms with Crippen molar-refractivity contribution < 1.29 is 4.79 Å². The van der Waals surface area contributed by atoms with E-state index in [1.54, 1.807) is 25.2 Å². The molecule has 0 fully saturated rings. The van der Waals surface area contributed by atoms with Gasteiger partial charge in [-0.2, -0.15) is 0 Å². The highest BCUT2D eigenvalue weighted by molar-refractivity contribution is 6.00. The largest absolute Gasteiger partial charge is 0.399 e. The summed E-state index contributed by atoms with van der Waals surface area (Å²) >= 11 is 0. The highest BCUT2D eigenvalue weighted by Crippen LogP contribution is 2.20. The van der Waals surface area contributed by atoms with Gasteiger partial charge in [-0.25, -0.2) is 0 Å². The maximum absolute atomic E-state index is 11.8. The summed E-state index contributed by atoms with van der Waals surface area (Å²) in [5.74, 6) is -0.109. The third-order valence-electron chi connectivity index (χ3n) is 2.93. The van der Waals surface area contributed by atoms with E-state index in [0.29, 0.717) is 11.3 Å². The van der Waals surface area contributed by atoms with E-state index in [1.807, 2.05) is 14.1 Å². The molecular weight excluding hydrogens is 240 g/mol. The summed E-state index contributed by atoms with van der Waals surface area (Å²) < 4.78 is 0. The lowest BCUT2D eigenvalue weighted by Crippen LogP contribution is -2.25. The summed E-state index contributed by atoms with van der Waals surface area (Å²) in [4.78, 5) is 13.9. The fourth-order valence-corrected chi connectivity index (χ4v) is 1.80. The molecule has 1 aromatic rings. The van der Waals surface area contributed by atoms with Gasteiger partial charge in [0.15, 0.2) is 0 Å². The Morgan fingerprint density at radius 1 is 1.42 bits per heavy atom. The van der Waals surface area contributed by atoms with Crippen molar-refractivity contribution in [3.8, 4) is 0 Å². The summed E-state index contributed by atoms with van der Waals surface area (Å²) in [6, 6.07) is 5.55. The van der Waals surface area contributed by atoms with Crippen LogP contribution in [0.15, 0.2) is 18.2 Å². The highest BCUT2D eigenvalue weighted by atomic mass is 16.1. The van der Waals surface area contributed by atoms with Gasteiger partial charge in [0.25, 0.3) is 5.91 Å². The Hall–Kier alpha value is -1.75. The molecule has 1 amide bonds. The number of rotatable bonds is 6. The number of benzene rings is 1. The minimum atomic E-state index is -0.109. The van der Waals surface area contributed by atoms with Crippen molar-refractivity contribution in [1.82, 2.24) is 10.2 Å². The maximum atomic E-state index is 11.8. The van der Waals surface area contributed by atoms with E-state index in [2.05, 4.69) is 22.5 Å². The van der Waals surface area contributed by atoms with E-state index in [4.69, 9.17) is 5.73 Å². The first-order valence-corrected chi connectivity index (χ1v) is 6.47. The normalized spacial score (nSPS) is 12.3. The van der Waals surface area contributed by atoms with E-state index in [1.165, 1.54) is 0 Å². The smallest absolute Gasteiger partial charge is 0.253 e. The minimum Gasteiger partial charge on any atom is -0.399 e. The molecule has 0 heterocycles. The van der Waals surface area contributed by atoms with Gasteiger partial charge >= 0.3 is 0 Å². The molecule has 0 aliphatic rings. The molecule has 19 heavy (non-hydrogen) atoms. The Kier molecular flexibility index (Phi) is 5.63. The molecule has 0 aliphatic heterocycles. The van der Waals surface area contributed by atoms with Gasteiger partial charge in [-0.1, -0.05) is 0 Å². The molecule has 1 rings (SSSR count). The molecule has 0 saturated carbocycles. The van der Waals surface area contributed by atoms with Crippen LogP contribution in [0.3, 0.4) is 0 Å². The quantitative estimate of drug-likeness (QED) is 0.679. The van der Waals surface area contributed by atoms with E-state index < -0.39 is 0 Å². The number of amides is 1. The number of hydrogen-bond donors (Lipinski definition) is 3. The number of nitrogens with one attached hydrogen (secondary N) is 2. The van der Waals surface area contributed by atoms with Gasteiger partial charge in [0.2, 0.25) is 0 Å². The first kappa shape index (κ1) is 15.3. The first-order valence-electron chi connectivity index (χ1n) is 6.47. The van der Waals surface area contributed by atoms with Gasteiger partial charge in [0.05, 0.1) is 5.56 Å². The number of hydrogen-bond acceptors (Lipinski definition) is 4. The van der Waals surface area contributed by atoms with Crippen molar-refractivity contribution >= 4 is 17.3 Å². The number of anilines is 2. The van der Waals surface area contributed by atoms with Gasteiger partial charge in [0, 0.05) is 24.5 Å². The van der Waals surface area contributed by atoms with E-state index in [0.717, 1.165) is 18.7 Å². The Balaban J connectivity index is 2.80. The van der Waals surface area contributed by atoms with Crippen LogP contribution < -0.4 is 16.4 Å². The van der Waals surface area contributed by atoms with Crippen molar-refractivity contribution in [1.29, 1.82) is 0 Å². The van der Waals surface area contributed by atoms with Crippen molar-refractivity contribution in [2.75, 3.05) is 38.7 Å². The van der Waals surface area contributed by atoms with Crippen molar-refractivity contribution in [2.24, 2.45) is 0 Å². The van der Waals surface area contributed by atoms with Crippen LogP contribution in [0.4, 0.5) is 11.4 Å². The molecule has 0 aromatic heterocycles. The van der Waals surface area contributed by atoms with Crippen LogP contribution in [0, 0.1) is 0 Å². The first-order chi connectivity index (χ1) is 8.93. The predicted octanol–water partition coefficient (Wildman–Crippen LogP) is 1.38. The zero-order valence-electron chi connectivity index (χ0n) is 12.2.